The van der Waals surface area contributed by atoms with Crippen LogP contribution >= 0.6 is 0 Å². The molecular weight excluding hydrogens is 203 g/mol. The average molecular weight is 222 g/mol. The maximum atomic E-state index is 13.8. The van der Waals surface area contributed by atoms with Gasteiger partial charge in [0.05, 0.1) is 0 Å². The monoisotopic (exact) mass is 222 g/mol. The molecule has 0 bridgehead atoms. The minimum Gasteiger partial charge on any atom is -0.486 e. The smallest absolute Gasteiger partial charge is 0.130 e. The number of hydrogen-bond donors (Lipinski definition) is 0. The van der Waals surface area contributed by atoms with Gasteiger partial charge in [-0.1, -0.05) is 33.8 Å². The van der Waals surface area contributed by atoms with Crippen LogP contribution < -0.4 is 4.74 Å². The van der Waals surface area contributed by atoms with Gasteiger partial charge in [0.2, 0.25) is 0 Å². The van der Waals surface area contributed by atoms with Crippen molar-refractivity contribution in [3.63, 3.8) is 0 Å². The summed E-state index contributed by atoms with van der Waals surface area (Å²) in [6, 6.07) is 5.06. The molecule has 1 heterocycles. The van der Waals surface area contributed by atoms with Crippen LogP contribution in [0.1, 0.15) is 46.1 Å². The van der Waals surface area contributed by atoms with Crippen molar-refractivity contribution in [1.82, 2.24) is 0 Å². The van der Waals surface area contributed by atoms with Gasteiger partial charge in [-0.2, -0.15) is 0 Å². The zero-order valence-corrected chi connectivity index (χ0v) is 10.6. The highest BCUT2D eigenvalue weighted by molar-refractivity contribution is 5.44. The Labute approximate surface area is 96.6 Å². The zero-order chi connectivity index (χ0) is 12.1. The van der Waals surface area contributed by atoms with Crippen LogP contribution in [0, 0.1) is 11.2 Å². The lowest BCUT2D eigenvalue weighted by molar-refractivity contribution is -0.0144. The van der Waals surface area contributed by atoms with Gasteiger partial charge in [-0.05, 0) is 19.1 Å². The molecule has 16 heavy (non-hydrogen) atoms. The second kappa shape index (κ2) is 3.22. The minimum atomic E-state index is -0.350. The Bertz CT molecular complexity index is 419. The van der Waals surface area contributed by atoms with Crippen molar-refractivity contribution in [2.24, 2.45) is 5.41 Å². The Morgan fingerprint density at radius 3 is 2.44 bits per heavy atom. The molecule has 0 saturated heterocycles. The van der Waals surface area contributed by atoms with E-state index in [4.69, 9.17) is 4.74 Å². The predicted octanol–water partition coefficient (Wildman–Crippen LogP) is 4.13. The molecule has 2 atom stereocenters. The molecule has 1 aromatic rings. The molecule has 0 saturated carbocycles. The third kappa shape index (κ3) is 1.35. The number of halogens is 1. The molecule has 0 aromatic heterocycles. The molecular formula is C14H19FO. The standard InChI is InChI=1S/C14H19FO/c1-9-12-10(15)7-6-8-11(12)16-14(9,5)13(2,3)4/h6-9H,1-5H3. The van der Waals surface area contributed by atoms with Gasteiger partial charge in [-0.3, -0.25) is 0 Å². The molecule has 88 valence electrons. The Hall–Kier alpha value is -1.05. The normalized spacial score (nSPS) is 28.8. The molecule has 0 amide bonds. The third-order valence-corrected chi connectivity index (χ3v) is 4.08. The van der Waals surface area contributed by atoms with E-state index in [1.165, 1.54) is 6.07 Å². The third-order valence-electron chi connectivity index (χ3n) is 4.08. The number of ether oxygens (including phenoxy) is 1. The number of benzene rings is 1. The van der Waals surface area contributed by atoms with E-state index in [1.807, 2.05) is 13.0 Å². The highest BCUT2D eigenvalue weighted by atomic mass is 19.1. The molecule has 0 radical (unpaired) electrons. The molecule has 1 nitrogen and oxygen atoms in total. The summed E-state index contributed by atoms with van der Waals surface area (Å²) in [6.07, 6.45) is 0. The Kier molecular flexibility index (Phi) is 2.30. The predicted molar refractivity (Wildman–Crippen MR) is 63.3 cm³/mol. The minimum absolute atomic E-state index is 0.0299. The van der Waals surface area contributed by atoms with Gasteiger partial charge in [0.25, 0.3) is 0 Å². The van der Waals surface area contributed by atoms with Gasteiger partial charge in [0.1, 0.15) is 17.2 Å². The molecule has 1 aliphatic heterocycles. The summed E-state index contributed by atoms with van der Waals surface area (Å²) in [5.74, 6) is 0.617. The van der Waals surface area contributed by atoms with Crippen LogP contribution in [-0.2, 0) is 0 Å². The highest BCUT2D eigenvalue weighted by Crippen LogP contribution is 2.52. The van der Waals surface area contributed by atoms with Crippen molar-refractivity contribution in [3.05, 3.63) is 29.6 Å². The van der Waals surface area contributed by atoms with Crippen LogP contribution in [0.4, 0.5) is 4.39 Å². The van der Waals surface area contributed by atoms with Gasteiger partial charge in [0, 0.05) is 16.9 Å². The summed E-state index contributed by atoms with van der Waals surface area (Å²) in [5, 5.41) is 0. The van der Waals surface area contributed by atoms with Crippen molar-refractivity contribution in [3.8, 4) is 5.75 Å². The lowest BCUT2D eigenvalue weighted by Crippen LogP contribution is -2.46. The fourth-order valence-electron chi connectivity index (χ4n) is 2.42. The summed E-state index contributed by atoms with van der Waals surface area (Å²) in [6.45, 7) is 10.5. The first kappa shape index (κ1) is 11.4. The summed E-state index contributed by atoms with van der Waals surface area (Å²) in [5.41, 5.74) is 0.343. The Morgan fingerprint density at radius 1 is 1.31 bits per heavy atom. The van der Waals surface area contributed by atoms with E-state index < -0.39 is 0 Å². The largest absolute Gasteiger partial charge is 0.486 e. The van der Waals surface area contributed by atoms with Crippen LogP contribution in [0.5, 0.6) is 5.75 Å². The van der Waals surface area contributed by atoms with Crippen molar-refractivity contribution in [2.45, 2.75) is 46.1 Å². The maximum absolute atomic E-state index is 13.8. The quantitative estimate of drug-likeness (QED) is 0.641. The van der Waals surface area contributed by atoms with Gasteiger partial charge in [-0.15, -0.1) is 0 Å². The van der Waals surface area contributed by atoms with E-state index in [0.717, 1.165) is 5.56 Å². The second-order valence-corrected chi connectivity index (χ2v) is 5.83. The second-order valence-electron chi connectivity index (χ2n) is 5.83. The van der Waals surface area contributed by atoms with Crippen molar-refractivity contribution in [1.29, 1.82) is 0 Å². The Balaban J connectivity index is 2.53. The number of rotatable bonds is 0. The van der Waals surface area contributed by atoms with Crippen molar-refractivity contribution in [2.75, 3.05) is 0 Å². The molecule has 2 heteroatoms. The van der Waals surface area contributed by atoms with E-state index >= 15 is 0 Å². The van der Waals surface area contributed by atoms with Crippen LogP contribution in [0.25, 0.3) is 0 Å². The molecule has 2 rings (SSSR count). The first-order chi connectivity index (χ1) is 7.27. The average Bonchev–Trinajstić information content (AvgIpc) is 2.40. The molecule has 0 N–H and O–H groups in total. The molecule has 0 aliphatic carbocycles. The highest BCUT2D eigenvalue weighted by Gasteiger charge is 2.51. The van der Waals surface area contributed by atoms with Crippen LogP contribution in [0.15, 0.2) is 18.2 Å². The number of hydrogen-bond acceptors (Lipinski definition) is 1. The summed E-state index contributed by atoms with van der Waals surface area (Å²) in [7, 11) is 0. The summed E-state index contributed by atoms with van der Waals surface area (Å²) in [4.78, 5) is 0. The van der Waals surface area contributed by atoms with E-state index in [1.54, 1.807) is 6.07 Å². The fourth-order valence-corrected chi connectivity index (χ4v) is 2.42. The SMILES string of the molecule is CC1c2c(F)cccc2OC1(C)C(C)(C)C. The molecule has 1 aromatic carbocycles. The zero-order valence-electron chi connectivity index (χ0n) is 10.6. The lowest BCUT2D eigenvalue weighted by Gasteiger charge is -2.41. The summed E-state index contributed by atoms with van der Waals surface area (Å²) < 4.78 is 19.8. The molecule has 0 spiro atoms. The van der Waals surface area contributed by atoms with Crippen molar-refractivity contribution >= 4 is 0 Å². The van der Waals surface area contributed by atoms with Gasteiger partial charge < -0.3 is 4.74 Å². The Morgan fingerprint density at radius 2 is 1.94 bits per heavy atom. The first-order valence-electron chi connectivity index (χ1n) is 5.75. The molecule has 2 unspecified atom stereocenters. The van der Waals surface area contributed by atoms with E-state index in [-0.39, 0.29) is 22.8 Å². The van der Waals surface area contributed by atoms with Crippen LogP contribution in [0.3, 0.4) is 0 Å². The van der Waals surface area contributed by atoms with Gasteiger partial charge in [0.15, 0.2) is 0 Å². The van der Waals surface area contributed by atoms with E-state index in [2.05, 4.69) is 27.7 Å². The van der Waals surface area contributed by atoms with E-state index in [9.17, 15) is 4.39 Å². The molecule has 1 aliphatic rings. The van der Waals surface area contributed by atoms with Gasteiger partial charge in [-0.25, -0.2) is 4.39 Å². The van der Waals surface area contributed by atoms with Gasteiger partial charge >= 0.3 is 0 Å². The number of fused-ring (bicyclic) bond motifs is 1. The first-order valence-corrected chi connectivity index (χ1v) is 5.75. The van der Waals surface area contributed by atoms with Crippen LogP contribution in [0.2, 0.25) is 0 Å². The maximum Gasteiger partial charge on any atom is 0.130 e. The lowest BCUT2D eigenvalue weighted by atomic mass is 9.70. The summed E-state index contributed by atoms with van der Waals surface area (Å²) >= 11 is 0. The fraction of sp³-hybridized carbons (Fsp3) is 0.571. The van der Waals surface area contributed by atoms with Crippen molar-refractivity contribution < 1.29 is 9.13 Å². The topological polar surface area (TPSA) is 9.23 Å². The molecule has 0 fully saturated rings. The van der Waals surface area contributed by atoms with E-state index in [0.29, 0.717) is 5.75 Å². The van der Waals surface area contributed by atoms with Crippen LogP contribution in [-0.4, -0.2) is 5.60 Å².